The summed E-state index contributed by atoms with van der Waals surface area (Å²) < 4.78 is 5.21. The highest BCUT2D eigenvalue weighted by atomic mass is 16.5. The first kappa shape index (κ1) is 20.0. The number of nitrogens with zero attached hydrogens (tertiary/aromatic N) is 1. The van der Waals surface area contributed by atoms with Crippen molar-refractivity contribution in [2.45, 2.75) is 34.1 Å². The summed E-state index contributed by atoms with van der Waals surface area (Å²) in [4.78, 5) is 12.1. The zero-order valence-corrected chi connectivity index (χ0v) is 13.3. The van der Waals surface area contributed by atoms with Gasteiger partial charge >= 0.3 is 0 Å². The number of carbonyl (C=O) groups excluding carboxylic acids is 1. The summed E-state index contributed by atoms with van der Waals surface area (Å²) >= 11 is 0. The van der Waals surface area contributed by atoms with E-state index in [4.69, 9.17) is 4.74 Å². The lowest BCUT2D eigenvalue weighted by Crippen LogP contribution is -2.06. The Balaban J connectivity index is 0. The zero-order chi connectivity index (χ0) is 15.1. The molecule has 19 heavy (non-hydrogen) atoms. The minimum absolute atomic E-state index is 0.142. The van der Waals surface area contributed by atoms with Crippen LogP contribution in [0.15, 0.2) is 35.6 Å². The minimum atomic E-state index is 0.142. The molecule has 0 rings (SSSR count). The van der Waals surface area contributed by atoms with E-state index < -0.39 is 0 Å². The maximum Gasteiger partial charge on any atom is 0.145 e. The van der Waals surface area contributed by atoms with Crippen LogP contribution in [0.5, 0.6) is 0 Å². The van der Waals surface area contributed by atoms with Gasteiger partial charge in [0.1, 0.15) is 12.9 Å². The van der Waals surface area contributed by atoms with Gasteiger partial charge in [0.25, 0.3) is 0 Å². The average Bonchev–Trinajstić information content (AvgIpc) is 2.41. The molecule has 0 aliphatic heterocycles. The van der Waals surface area contributed by atoms with Crippen LogP contribution in [-0.4, -0.2) is 38.5 Å². The standard InChI is InChI=1S/C14H23NO2.C2H6/c1-5-13(6-2)7-8-14(11-15(3)4)12-17-10-9-16;1-2/h5,7-9,11H,6,10,12H2,1-4H3;1-2H3/b8-7-,13-5-,14-11-;. The van der Waals surface area contributed by atoms with Gasteiger partial charge in [-0.1, -0.05) is 44.6 Å². The van der Waals surface area contributed by atoms with Crippen molar-refractivity contribution in [2.75, 3.05) is 27.3 Å². The number of ether oxygens (including phenoxy) is 1. The van der Waals surface area contributed by atoms with Crippen molar-refractivity contribution >= 4 is 6.29 Å². The zero-order valence-electron chi connectivity index (χ0n) is 13.3. The maximum absolute atomic E-state index is 10.2. The molecule has 110 valence electrons. The van der Waals surface area contributed by atoms with E-state index >= 15 is 0 Å². The highest BCUT2D eigenvalue weighted by Crippen LogP contribution is 2.06. The van der Waals surface area contributed by atoms with Gasteiger partial charge in [-0.3, -0.25) is 0 Å². The third-order valence-electron chi connectivity index (χ3n) is 2.17. The van der Waals surface area contributed by atoms with E-state index in [-0.39, 0.29) is 6.61 Å². The van der Waals surface area contributed by atoms with E-state index in [1.54, 1.807) is 0 Å². The molecule has 0 aliphatic carbocycles. The van der Waals surface area contributed by atoms with E-state index in [0.29, 0.717) is 6.61 Å². The molecule has 0 radical (unpaired) electrons. The van der Waals surface area contributed by atoms with Gasteiger partial charge in [0.05, 0.1) is 6.61 Å². The van der Waals surface area contributed by atoms with E-state index in [1.165, 1.54) is 5.57 Å². The molecule has 0 fully saturated rings. The van der Waals surface area contributed by atoms with Crippen LogP contribution in [0.1, 0.15) is 34.1 Å². The number of carbonyl (C=O) groups is 1. The van der Waals surface area contributed by atoms with E-state index in [2.05, 4.69) is 19.1 Å². The Morgan fingerprint density at radius 1 is 1.16 bits per heavy atom. The molecule has 0 saturated heterocycles. The molecule has 0 heterocycles. The van der Waals surface area contributed by atoms with Crippen molar-refractivity contribution in [3.63, 3.8) is 0 Å². The van der Waals surface area contributed by atoms with Crippen molar-refractivity contribution < 1.29 is 9.53 Å². The fraction of sp³-hybridized carbons (Fsp3) is 0.562. The minimum Gasteiger partial charge on any atom is -0.383 e. The SMILES string of the molecule is CC.C\C=C(/C=C\C(=C\N(C)C)COCC=O)CC. The molecule has 0 bridgehead atoms. The molecule has 0 aromatic heterocycles. The first-order valence-electron chi connectivity index (χ1n) is 6.85. The predicted molar refractivity (Wildman–Crippen MR) is 83.2 cm³/mol. The van der Waals surface area contributed by atoms with Crippen molar-refractivity contribution in [1.29, 1.82) is 0 Å². The van der Waals surface area contributed by atoms with Crippen LogP contribution < -0.4 is 0 Å². The number of hydrogen-bond donors (Lipinski definition) is 0. The van der Waals surface area contributed by atoms with Gasteiger partial charge in [-0.2, -0.15) is 0 Å². The molecule has 0 N–H and O–H groups in total. The highest BCUT2D eigenvalue weighted by molar-refractivity contribution is 5.50. The Labute approximate surface area is 118 Å². The molecular weight excluding hydrogens is 238 g/mol. The molecule has 0 aromatic carbocycles. The first-order chi connectivity index (χ1) is 9.13. The van der Waals surface area contributed by atoms with Crippen LogP contribution in [-0.2, 0) is 9.53 Å². The molecule has 3 heteroatoms. The van der Waals surface area contributed by atoms with E-state index in [1.807, 2.05) is 52.0 Å². The van der Waals surface area contributed by atoms with Crippen molar-refractivity contribution in [1.82, 2.24) is 4.90 Å². The second kappa shape index (κ2) is 14.7. The second-order valence-corrected chi connectivity index (χ2v) is 3.90. The highest BCUT2D eigenvalue weighted by Gasteiger charge is 1.95. The smallest absolute Gasteiger partial charge is 0.145 e. The largest absolute Gasteiger partial charge is 0.383 e. The lowest BCUT2D eigenvalue weighted by atomic mass is 10.1. The first-order valence-corrected chi connectivity index (χ1v) is 6.85. The fourth-order valence-corrected chi connectivity index (χ4v) is 1.32. The average molecular weight is 267 g/mol. The Kier molecular flexibility index (Phi) is 15.5. The lowest BCUT2D eigenvalue weighted by molar-refractivity contribution is -0.111. The van der Waals surface area contributed by atoms with Crippen LogP contribution in [0.25, 0.3) is 0 Å². The molecule has 0 atom stereocenters. The molecular formula is C16H29NO2. The van der Waals surface area contributed by atoms with Crippen molar-refractivity contribution in [3.8, 4) is 0 Å². The Morgan fingerprint density at radius 3 is 2.16 bits per heavy atom. The van der Waals surface area contributed by atoms with E-state index in [9.17, 15) is 4.79 Å². The summed E-state index contributed by atoms with van der Waals surface area (Å²) in [7, 11) is 3.92. The summed E-state index contributed by atoms with van der Waals surface area (Å²) in [6.45, 7) is 8.75. The van der Waals surface area contributed by atoms with Gasteiger partial charge in [0, 0.05) is 20.3 Å². The molecule has 0 unspecified atom stereocenters. The van der Waals surface area contributed by atoms with Gasteiger partial charge in [0.2, 0.25) is 0 Å². The Bertz CT molecular complexity index is 302. The number of hydrogen-bond acceptors (Lipinski definition) is 3. The monoisotopic (exact) mass is 267 g/mol. The number of allylic oxidation sites excluding steroid dienone is 3. The van der Waals surface area contributed by atoms with Crippen LogP contribution in [0.3, 0.4) is 0 Å². The summed E-state index contributed by atoms with van der Waals surface area (Å²) in [5.74, 6) is 0. The third-order valence-corrected chi connectivity index (χ3v) is 2.17. The quantitative estimate of drug-likeness (QED) is 0.382. The molecule has 3 nitrogen and oxygen atoms in total. The summed E-state index contributed by atoms with van der Waals surface area (Å²) in [5, 5.41) is 0. The summed E-state index contributed by atoms with van der Waals surface area (Å²) in [5.41, 5.74) is 2.33. The van der Waals surface area contributed by atoms with Gasteiger partial charge in [-0.05, 0) is 18.9 Å². The third kappa shape index (κ3) is 12.9. The maximum atomic E-state index is 10.2. The van der Waals surface area contributed by atoms with Crippen molar-refractivity contribution in [2.24, 2.45) is 0 Å². The normalized spacial score (nSPS) is 12.1. The Hall–Kier alpha value is -1.35. The van der Waals surface area contributed by atoms with Crippen LogP contribution in [0.4, 0.5) is 0 Å². The topological polar surface area (TPSA) is 29.5 Å². The summed E-state index contributed by atoms with van der Waals surface area (Å²) in [6, 6.07) is 0. The second-order valence-electron chi connectivity index (χ2n) is 3.90. The predicted octanol–water partition coefficient (Wildman–Crippen LogP) is 3.59. The molecule has 0 spiro atoms. The summed E-state index contributed by atoms with van der Waals surface area (Å²) in [6.07, 6.45) is 9.97. The van der Waals surface area contributed by atoms with Crippen molar-refractivity contribution in [3.05, 3.63) is 35.6 Å². The van der Waals surface area contributed by atoms with Gasteiger partial charge < -0.3 is 14.4 Å². The Morgan fingerprint density at radius 2 is 1.74 bits per heavy atom. The molecule has 0 amide bonds. The molecule has 0 aliphatic rings. The van der Waals surface area contributed by atoms with Crippen LogP contribution >= 0.6 is 0 Å². The van der Waals surface area contributed by atoms with E-state index in [0.717, 1.165) is 18.3 Å². The fourth-order valence-electron chi connectivity index (χ4n) is 1.32. The van der Waals surface area contributed by atoms with Gasteiger partial charge in [-0.15, -0.1) is 0 Å². The van der Waals surface area contributed by atoms with Gasteiger partial charge in [-0.25, -0.2) is 0 Å². The lowest BCUT2D eigenvalue weighted by Gasteiger charge is -2.09. The number of aldehydes is 1. The van der Waals surface area contributed by atoms with Crippen LogP contribution in [0, 0.1) is 0 Å². The number of rotatable bonds is 8. The molecule has 0 saturated carbocycles. The van der Waals surface area contributed by atoms with Crippen LogP contribution in [0.2, 0.25) is 0 Å². The molecule has 0 aromatic rings. The van der Waals surface area contributed by atoms with Gasteiger partial charge in [0.15, 0.2) is 0 Å².